The molecule has 0 saturated heterocycles. The number of hydrogen-bond acceptors (Lipinski definition) is 4. The summed E-state index contributed by atoms with van der Waals surface area (Å²) in [7, 11) is 1.68. The lowest BCUT2D eigenvalue weighted by atomic mass is 9.91. The molecule has 2 aromatic rings. The molecular weight excluding hydrogens is 330 g/mol. The first-order valence-electron chi connectivity index (χ1n) is 8.68. The highest BCUT2D eigenvalue weighted by molar-refractivity contribution is 6.20. The van der Waals surface area contributed by atoms with E-state index in [-0.39, 0.29) is 18.3 Å². The Morgan fingerprint density at radius 3 is 2.38 bits per heavy atom. The summed E-state index contributed by atoms with van der Waals surface area (Å²) in [6.07, 6.45) is 0. The van der Waals surface area contributed by atoms with E-state index in [1.54, 1.807) is 43.1 Å². The average molecular weight is 349 g/mol. The first-order valence-corrected chi connectivity index (χ1v) is 8.68. The summed E-state index contributed by atoms with van der Waals surface area (Å²) in [5.74, 6) is -2.41. The Hall–Kier alpha value is -2.95. The molecule has 1 spiro atoms. The Morgan fingerprint density at radius 2 is 1.69 bits per heavy atom. The number of esters is 1. The second-order valence-corrected chi connectivity index (χ2v) is 6.69. The van der Waals surface area contributed by atoms with Gasteiger partial charge in [0.2, 0.25) is 5.91 Å². The quantitative estimate of drug-likeness (QED) is 0.629. The van der Waals surface area contributed by atoms with Crippen LogP contribution < -0.4 is 4.90 Å². The van der Waals surface area contributed by atoms with Crippen molar-refractivity contribution >= 4 is 23.3 Å². The first-order chi connectivity index (χ1) is 12.5. The molecule has 2 aromatic carbocycles. The maximum Gasteiger partial charge on any atom is 0.311 e. The van der Waals surface area contributed by atoms with Crippen molar-refractivity contribution in [3.8, 4) is 0 Å². The van der Waals surface area contributed by atoms with E-state index in [1.165, 1.54) is 0 Å². The van der Waals surface area contributed by atoms with Gasteiger partial charge in [-0.1, -0.05) is 48.5 Å². The van der Waals surface area contributed by atoms with Crippen molar-refractivity contribution in [1.29, 1.82) is 0 Å². The summed E-state index contributed by atoms with van der Waals surface area (Å²) in [5.41, 5.74) is 0.836. The van der Waals surface area contributed by atoms with Crippen LogP contribution in [0.15, 0.2) is 54.6 Å². The molecule has 3 atom stereocenters. The van der Waals surface area contributed by atoms with Gasteiger partial charge in [0.1, 0.15) is 5.41 Å². The topological polar surface area (TPSA) is 63.7 Å². The summed E-state index contributed by atoms with van der Waals surface area (Å²) in [4.78, 5) is 40.5. The number of ketones is 1. The highest BCUT2D eigenvalue weighted by Gasteiger charge is 2.79. The van der Waals surface area contributed by atoms with Gasteiger partial charge in [-0.15, -0.1) is 0 Å². The van der Waals surface area contributed by atoms with Crippen LogP contribution >= 0.6 is 0 Å². The number of fused-ring (bicyclic) bond motifs is 2. The van der Waals surface area contributed by atoms with Crippen LogP contribution in [0.4, 0.5) is 5.69 Å². The largest absolute Gasteiger partial charge is 0.466 e. The van der Waals surface area contributed by atoms with Crippen molar-refractivity contribution in [2.75, 3.05) is 18.6 Å². The molecule has 4 rings (SSSR count). The van der Waals surface area contributed by atoms with E-state index in [0.717, 1.165) is 11.3 Å². The van der Waals surface area contributed by atoms with Crippen LogP contribution in [0, 0.1) is 11.8 Å². The number of rotatable bonds is 4. The number of hydrogen-bond donors (Lipinski definition) is 0. The fourth-order valence-electron chi connectivity index (χ4n) is 4.30. The van der Waals surface area contributed by atoms with Crippen molar-refractivity contribution < 1.29 is 19.1 Å². The molecule has 1 saturated carbocycles. The summed E-state index contributed by atoms with van der Waals surface area (Å²) in [6, 6.07) is 16.2. The lowest BCUT2D eigenvalue weighted by molar-refractivity contribution is -0.146. The average Bonchev–Trinajstić information content (AvgIpc) is 3.32. The van der Waals surface area contributed by atoms with Crippen molar-refractivity contribution in [2.45, 2.75) is 12.3 Å². The zero-order valence-electron chi connectivity index (χ0n) is 14.6. The van der Waals surface area contributed by atoms with E-state index >= 15 is 0 Å². The van der Waals surface area contributed by atoms with Gasteiger partial charge in [-0.2, -0.15) is 0 Å². The number of anilines is 1. The molecule has 2 aliphatic rings. The van der Waals surface area contributed by atoms with Crippen molar-refractivity contribution in [3.05, 3.63) is 65.7 Å². The minimum atomic E-state index is -1.15. The molecule has 0 bridgehead atoms. The molecule has 1 aliphatic carbocycles. The molecule has 1 amide bonds. The second kappa shape index (κ2) is 5.80. The molecule has 26 heavy (non-hydrogen) atoms. The SMILES string of the molecule is CCOC(=O)[C@H]1[C@H](C(=O)c2ccccc2)C12C(=O)N(C)c1ccccc12. The van der Waals surface area contributed by atoms with Gasteiger partial charge in [0, 0.05) is 18.3 Å². The second-order valence-electron chi connectivity index (χ2n) is 6.69. The molecule has 0 aromatic heterocycles. The number of amides is 1. The molecule has 0 radical (unpaired) electrons. The van der Waals surface area contributed by atoms with E-state index in [1.807, 2.05) is 30.3 Å². The molecule has 1 aliphatic heterocycles. The Balaban J connectivity index is 1.84. The zero-order chi connectivity index (χ0) is 18.5. The predicted molar refractivity (Wildman–Crippen MR) is 95.9 cm³/mol. The van der Waals surface area contributed by atoms with Gasteiger partial charge >= 0.3 is 5.97 Å². The molecule has 1 heterocycles. The highest BCUT2D eigenvalue weighted by Crippen LogP contribution is 2.67. The number of ether oxygens (including phenoxy) is 1. The molecule has 132 valence electrons. The highest BCUT2D eigenvalue weighted by atomic mass is 16.5. The minimum absolute atomic E-state index is 0.192. The van der Waals surface area contributed by atoms with Crippen LogP contribution in [0.1, 0.15) is 22.8 Å². The third kappa shape index (κ3) is 2.00. The maximum absolute atomic E-state index is 13.2. The van der Waals surface area contributed by atoms with Crippen molar-refractivity contribution in [3.63, 3.8) is 0 Å². The van der Waals surface area contributed by atoms with Crippen LogP contribution in [0.3, 0.4) is 0 Å². The fraction of sp³-hybridized carbons (Fsp3) is 0.286. The molecule has 1 unspecified atom stereocenters. The molecule has 5 heteroatoms. The number of likely N-dealkylation sites (N-methyl/N-ethyl adjacent to an activating group) is 1. The van der Waals surface area contributed by atoms with E-state index in [9.17, 15) is 14.4 Å². The number of carbonyl (C=O) groups excluding carboxylic acids is 3. The molecule has 0 N–H and O–H groups in total. The number of para-hydroxylation sites is 1. The van der Waals surface area contributed by atoms with E-state index < -0.39 is 23.2 Å². The molecular formula is C21H19NO4. The Labute approximate surface area is 151 Å². The van der Waals surface area contributed by atoms with Gasteiger partial charge in [0.25, 0.3) is 0 Å². The Kier molecular flexibility index (Phi) is 3.68. The lowest BCUT2D eigenvalue weighted by Gasteiger charge is -2.11. The van der Waals surface area contributed by atoms with E-state index in [2.05, 4.69) is 0 Å². The zero-order valence-corrected chi connectivity index (χ0v) is 14.6. The molecule has 1 fully saturated rings. The monoisotopic (exact) mass is 349 g/mol. The normalized spacial score (nSPS) is 25.9. The predicted octanol–water partition coefficient (Wildman–Crippen LogP) is 2.59. The Bertz CT molecular complexity index is 907. The number of Topliss-reactive ketones (excluding diaryl/α,β-unsaturated/α-hetero) is 1. The van der Waals surface area contributed by atoms with Crippen LogP contribution in [-0.4, -0.2) is 31.3 Å². The summed E-state index contributed by atoms with van der Waals surface area (Å²) in [6.45, 7) is 1.93. The van der Waals surface area contributed by atoms with Crippen LogP contribution in [0.5, 0.6) is 0 Å². The van der Waals surface area contributed by atoms with Gasteiger partial charge in [-0.3, -0.25) is 14.4 Å². The minimum Gasteiger partial charge on any atom is -0.466 e. The van der Waals surface area contributed by atoms with Crippen LogP contribution in [0.25, 0.3) is 0 Å². The standard InChI is InChI=1S/C21H19NO4/c1-3-26-19(24)17-16(18(23)13-9-5-4-6-10-13)21(17)14-11-7-8-12-15(14)22(2)20(21)25/h4-12,16-17H,3H2,1-2H3/t16-,17-,21?/m1/s1. The van der Waals surface area contributed by atoms with Crippen LogP contribution in [-0.2, 0) is 19.7 Å². The number of carbonyl (C=O) groups is 3. The van der Waals surface area contributed by atoms with Gasteiger partial charge in [0.15, 0.2) is 5.78 Å². The maximum atomic E-state index is 13.2. The smallest absolute Gasteiger partial charge is 0.311 e. The van der Waals surface area contributed by atoms with Crippen molar-refractivity contribution in [1.82, 2.24) is 0 Å². The Morgan fingerprint density at radius 1 is 1.04 bits per heavy atom. The summed E-state index contributed by atoms with van der Waals surface area (Å²) in [5, 5.41) is 0. The fourth-order valence-corrected chi connectivity index (χ4v) is 4.30. The van der Waals surface area contributed by atoms with Gasteiger partial charge < -0.3 is 9.64 Å². The molecule has 5 nitrogen and oxygen atoms in total. The number of nitrogens with zero attached hydrogens (tertiary/aromatic N) is 1. The van der Waals surface area contributed by atoms with Gasteiger partial charge in [-0.25, -0.2) is 0 Å². The van der Waals surface area contributed by atoms with Gasteiger partial charge in [-0.05, 0) is 18.6 Å². The third-order valence-electron chi connectivity index (χ3n) is 5.46. The van der Waals surface area contributed by atoms with E-state index in [4.69, 9.17) is 4.74 Å². The van der Waals surface area contributed by atoms with E-state index in [0.29, 0.717) is 5.56 Å². The summed E-state index contributed by atoms with van der Waals surface area (Å²) >= 11 is 0. The van der Waals surface area contributed by atoms with Gasteiger partial charge in [0.05, 0.1) is 18.4 Å². The third-order valence-corrected chi connectivity index (χ3v) is 5.46. The van der Waals surface area contributed by atoms with Crippen molar-refractivity contribution in [2.24, 2.45) is 11.8 Å². The number of benzene rings is 2. The summed E-state index contributed by atoms with van der Waals surface area (Å²) < 4.78 is 5.21. The van der Waals surface area contributed by atoms with Crippen LogP contribution in [0.2, 0.25) is 0 Å². The lowest BCUT2D eigenvalue weighted by Crippen LogP contribution is -2.32. The first kappa shape index (κ1) is 16.5.